The minimum absolute atomic E-state index is 0.175. The third-order valence-electron chi connectivity index (χ3n) is 7.05. The van der Waals surface area contributed by atoms with Crippen LogP contribution in [0.2, 0.25) is 0 Å². The molecule has 26 heavy (non-hydrogen) atoms. The van der Waals surface area contributed by atoms with E-state index in [-0.39, 0.29) is 5.41 Å². The van der Waals surface area contributed by atoms with E-state index in [1.807, 2.05) is 0 Å². The van der Waals surface area contributed by atoms with Gasteiger partial charge in [0.05, 0.1) is 6.04 Å². The largest absolute Gasteiger partial charge is 0.422 e. The molecule has 2 aromatic rings. The third kappa shape index (κ3) is 1.74. The van der Waals surface area contributed by atoms with Gasteiger partial charge in [0.25, 0.3) is 5.89 Å². The van der Waals surface area contributed by atoms with Crippen LogP contribution in [0.5, 0.6) is 0 Å². The van der Waals surface area contributed by atoms with Crippen molar-refractivity contribution in [3.63, 3.8) is 0 Å². The van der Waals surface area contributed by atoms with Gasteiger partial charge in [-0.15, -0.1) is 10.2 Å². The second-order valence-electron chi connectivity index (χ2n) is 8.14. The minimum Gasteiger partial charge on any atom is -0.422 e. The van der Waals surface area contributed by atoms with Crippen molar-refractivity contribution in [1.82, 2.24) is 19.7 Å². The summed E-state index contributed by atoms with van der Waals surface area (Å²) < 4.78 is 8.16. The zero-order chi connectivity index (χ0) is 17.3. The molecule has 6 rings (SSSR count). The monoisotopic (exact) mass is 348 g/mol. The topological polar surface area (TPSA) is 47.1 Å². The maximum atomic E-state index is 5.70. The van der Waals surface area contributed by atoms with Gasteiger partial charge >= 0.3 is 0 Å². The summed E-state index contributed by atoms with van der Waals surface area (Å²) >= 11 is 0. The number of rotatable bonds is 2. The van der Waals surface area contributed by atoms with E-state index >= 15 is 0 Å². The molecule has 2 aromatic heterocycles. The summed E-state index contributed by atoms with van der Waals surface area (Å²) in [6, 6.07) is 0.490. The first-order valence-corrected chi connectivity index (χ1v) is 10.00. The SMILES string of the molecule is CC[C@@]12C=C(c3nnco3)n3c4c(c5c3=CCCC=5)CCN(CCC1)C42. The van der Waals surface area contributed by atoms with Crippen LogP contribution in [-0.2, 0) is 6.42 Å². The number of hydrogen-bond acceptors (Lipinski definition) is 4. The first-order chi connectivity index (χ1) is 12.8. The van der Waals surface area contributed by atoms with Crippen molar-refractivity contribution in [2.24, 2.45) is 5.41 Å². The van der Waals surface area contributed by atoms with E-state index in [2.05, 4.69) is 44.8 Å². The maximum absolute atomic E-state index is 5.70. The molecule has 4 aliphatic rings. The van der Waals surface area contributed by atoms with E-state index in [4.69, 9.17) is 4.42 Å². The van der Waals surface area contributed by atoms with Crippen LogP contribution >= 0.6 is 0 Å². The molecule has 1 saturated heterocycles. The Morgan fingerprint density at radius 3 is 3.04 bits per heavy atom. The van der Waals surface area contributed by atoms with Crippen molar-refractivity contribution in [3.8, 4) is 0 Å². The summed E-state index contributed by atoms with van der Waals surface area (Å²) in [6.45, 7) is 4.75. The molecule has 0 aromatic carbocycles. The van der Waals surface area contributed by atoms with Crippen molar-refractivity contribution in [2.45, 2.75) is 51.5 Å². The van der Waals surface area contributed by atoms with Gasteiger partial charge in [0.1, 0.15) is 5.70 Å². The average molecular weight is 348 g/mol. The summed E-state index contributed by atoms with van der Waals surface area (Å²) in [5.74, 6) is 0.651. The summed E-state index contributed by atoms with van der Waals surface area (Å²) in [6.07, 6.45) is 15.9. The first-order valence-electron chi connectivity index (χ1n) is 10.00. The van der Waals surface area contributed by atoms with Crippen LogP contribution < -0.4 is 10.6 Å². The normalized spacial score (nSPS) is 29.3. The number of piperidine rings is 1. The fourth-order valence-electron chi connectivity index (χ4n) is 5.95. The van der Waals surface area contributed by atoms with Gasteiger partial charge in [-0.2, -0.15) is 0 Å². The molecule has 0 amide bonds. The number of hydrogen-bond donors (Lipinski definition) is 0. The molecule has 2 atom stereocenters. The average Bonchev–Trinajstić information content (AvgIpc) is 3.33. The summed E-state index contributed by atoms with van der Waals surface area (Å²) in [5.41, 5.74) is 4.36. The fraction of sp³-hybridized carbons (Fsp3) is 0.524. The molecule has 0 radical (unpaired) electrons. The van der Waals surface area contributed by atoms with Crippen LogP contribution in [0.25, 0.3) is 17.8 Å². The van der Waals surface area contributed by atoms with Crippen molar-refractivity contribution in [2.75, 3.05) is 13.1 Å². The number of fused-ring (bicyclic) bond motifs is 3. The zero-order valence-electron chi connectivity index (χ0n) is 15.2. The molecular formula is C21H24N4O. The van der Waals surface area contributed by atoms with Gasteiger partial charge in [0.2, 0.25) is 6.39 Å². The molecule has 5 heteroatoms. The molecule has 5 heterocycles. The van der Waals surface area contributed by atoms with Gasteiger partial charge in [0.15, 0.2) is 0 Å². The predicted octanol–water partition coefficient (Wildman–Crippen LogP) is 2.22. The van der Waals surface area contributed by atoms with E-state index < -0.39 is 0 Å². The molecule has 0 N–H and O–H groups in total. The lowest BCUT2D eigenvalue weighted by molar-refractivity contribution is 0.0264. The Balaban J connectivity index is 1.75. The van der Waals surface area contributed by atoms with Crippen molar-refractivity contribution >= 4 is 17.8 Å². The quantitative estimate of drug-likeness (QED) is 0.835. The van der Waals surface area contributed by atoms with E-state index in [0.29, 0.717) is 11.9 Å². The predicted molar refractivity (Wildman–Crippen MR) is 99.5 cm³/mol. The standard InChI is InChI=1S/C21H24N4O/c1-2-21-9-5-10-24-11-8-15-14-6-3-4-7-16(14)25(18(15)19(21)24)17(12-21)20-23-22-13-26-20/h6-7,12-13,19H,2-5,8-11H2,1H3/t19?,21-/m0/s1. The van der Waals surface area contributed by atoms with Gasteiger partial charge in [-0.3, -0.25) is 4.90 Å². The van der Waals surface area contributed by atoms with Crippen LogP contribution in [0, 0.1) is 5.41 Å². The molecule has 134 valence electrons. The summed E-state index contributed by atoms with van der Waals surface area (Å²) in [7, 11) is 0. The van der Waals surface area contributed by atoms with Crippen LogP contribution in [0.3, 0.4) is 0 Å². The summed E-state index contributed by atoms with van der Waals surface area (Å²) in [4.78, 5) is 2.73. The third-order valence-corrected chi connectivity index (χ3v) is 7.05. The van der Waals surface area contributed by atoms with Crippen molar-refractivity contribution in [3.05, 3.63) is 40.2 Å². The van der Waals surface area contributed by atoms with E-state index in [9.17, 15) is 0 Å². The van der Waals surface area contributed by atoms with Crippen LogP contribution in [0.4, 0.5) is 0 Å². The Morgan fingerprint density at radius 2 is 2.19 bits per heavy atom. The molecule has 3 aliphatic heterocycles. The highest BCUT2D eigenvalue weighted by Gasteiger charge is 2.50. The molecule has 5 nitrogen and oxygen atoms in total. The highest BCUT2D eigenvalue weighted by molar-refractivity contribution is 5.67. The lowest BCUT2D eigenvalue weighted by Gasteiger charge is -2.53. The number of aromatic nitrogens is 3. The zero-order valence-corrected chi connectivity index (χ0v) is 15.2. The smallest absolute Gasteiger partial charge is 0.264 e. The van der Waals surface area contributed by atoms with Crippen LogP contribution in [-0.4, -0.2) is 32.8 Å². The molecule has 0 spiro atoms. The Kier molecular flexibility index (Phi) is 2.99. The highest BCUT2D eigenvalue weighted by Crippen LogP contribution is 2.54. The minimum atomic E-state index is 0.175. The molecular weight excluding hydrogens is 324 g/mol. The highest BCUT2D eigenvalue weighted by atomic mass is 16.4. The van der Waals surface area contributed by atoms with Gasteiger partial charge in [-0.1, -0.05) is 19.1 Å². The van der Waals surface area contributed by atoms with E-state index in [1.165, 1.54) is 48.6 Å². The molecule has 1 unspecified atom stereocenters. The van der Waals surface area contributed by atoms with Gasteiger partial charge < -0.3 is 8.98 Å². The lowest BCUT2D eigenvalue weighted by Crippen LogP contribution is -2.51. The Bertz CT molecular complexity index is 1030. The van der Waals surface area contributed by atoms with E-state index in [0.717, 1.165) is 31.4 Å². The van der Waals surface area contributed by atoms with Gasteiger partial charge in [-0.05, 0) is 61.9 Å². The molecule has 0 bridgehead atoms. The maximum Gasteiger partial charge on any atom is 0.264 e. The first kappa shape index (κ1) is 15.0. The van der Waals surface area contributed by atoms with Crippen LogP contribution in [0.15, 0.2) is 16.9 Å². The van der Waals surface area contributed by atoms with Crippen LogP contribution in [0.1, 0.15) is 62.2 Å². The number of nitrogens with zero attached hydrogens (tertiary/aromatic N) is 4. The van der Waals surface area contributed by atoms with Crippen molar-refractivity contribution in [1.29, 1.82) is 0 Å². The van der Waals surface area contributed by atoms with E-state index in [1.54, 1.807) is 5.56 Å². The summed E-state index contributed by atoms with van der Waals surface area (Å²) in [5, 5.41) is 11.1. The Hall–Kier alpha value is -2.14. The Labute approximate surface area is 152 Å². The molecule has 1 aliphatic carbocycles. The van der Waals surface area contributed by atoms with Gasteiger partial charge in [-0.25, -0.2) is 0 Å². The van der Waals surface area contributed by atoms with Crippen molar-refractivity contribution < 1.29 is 4.42 Å². The lowest BCUT2D eigenvalue weighted by atomic mass is 9.66. The second kappa shape index (κ2) is 5.19. The second-order valence-corrected chi connectivity index (χ2v) is 8.14. The van der Waals surface area contributed by atoms with Gasteiger partial charge in [0, 0.05) is 23.0 Å². The molecule has 1 fully saturated rings. The fourth-order valence-corrected chi connectivity index (χ4v) is 5.95. The Morgan fingerprint density at radius 1 is 1.27 bits per heavy atom. The molecule has 0 saturated carbocycles.